The SMILES string of the molecule is Cn1ccc(C(=O)C2(C)CCCC2)n1. The van der Waals surface area contributed by atoms with Crippen LogP contribution in [0.4, 0.5) is 0 Å². The van der Waals surface area contributed by atoms with Crippen LogP contribution in [0.15, 0.2) is 12.3 Å². The standard InChI is InChI=1S/C11H16N2O/c1-11(6-3-4-7-11)10(14)9-5-8-13(2)12-9/h5,8H,3-4,6-7H2,1-2H3. The Bertz CT molecular complexity index is 348. The van der Waals surface area contributed by atoms with Crippen LogP contribution in [-0.4, -0.2) is 15.6 Å². The number of hydrogen-bond donors (Lipinski definition) is 0. The molecule has 0 unspecified atom stereocenters. The summed E-state index contributed by atoms with van der Waals surface area (Å²) in [5, 5.41) is 4.17. The fourth-order valence-electron chi connectivity index (χ4n) is 2.23. The summed E-state index contributed by atoms with van der Waals surface area (Å²) in [5.74, 6) is 0.218. The van der Waals surface area contributed by atoms with Crippen molar-refractivity contribution < 1.29 is 4.79 Å². The fourth-order valence-corrected chi connectivity index (χ4v) is 2.23. The molecular formula is C11H16N2O. The Morgan fingerprint density at radius 2 is 2.14 bits per heavy atom. The van der Waals surface area contributed by atoms with E-state index in [2.05, 4.69) is 12.0 Å². The Kier molecular flexibility index (Phi) is 2.17. The lowest BCUT2D eigenvalue weighted by Crippen LogP contribution is -2.24. The van der Waals surface area contributed by atoms with E-state index in [9.17, 15) is 4.79 Å². The van der Waals surface area contributed by atoms with Crippen molar-refractivity contribution in [3.05, 3.63) is 18.0 Å². The molecule has 3 heteroatoms. The zero-order valence-corrected chi connectivity index (χ0v) is 8.79. The molecule has 0 amide bonds. The first-order chi connectivity index (χ1) is 6.62. The largest absolute Gasteiger partial charge is 0.292 e. The van der Waals surface area contributed by atoms with Crippen LogP contribution in [0.1, 0.15) is 43.1 Å². The molecule has 2 rings (SSSR count). The molecule has 0 aromatic carbocycles. The first-order valence-electron chi connectivity index (χ1n) is 5.16. The van der Waals surface area contributed by atoms with Gasteiger partial charge in [-0.1, -0.05) is 19.8 Å². The van der Waals surface area contributed by atoms with Crippen LogP contribution in [0.2, 0.25) is 0 Å². The van der Waals surface area contributed by atoms with Crippen molar-refractivity contribution in [2.75, 3.05) is 0 Å². The number of nitrogens with zero attached hydrogens (tertiary/aromatic N) is 2. The molecule has 76 valence electrons. The maximum Gasteiger partial charge on any atom is 0.188 e. The number of carbonyl (C=O) groups is 1. The third-order valence-electron chi connectivity index (χ3n) is 3.20. The van der Waals surface area contributed by atoms with E-state index in [1.54, 1.807) is 4.68 Å². The molecule has 0 aliphatic heterocycles. The van der Waals surface area contributed by atoms with Gasteiger partial charge in [0.05, 0.1) is 0 Å². The Morgan fingerprint density at radius 1 is 1.50 bits per heavy atom. The quantitative estimate of drug-likeness (QED) is 0.673. The number of rotatable bonds is 2. The van der Waals surface area contributed by atoms with Crippen LogP contribution >= 0.6 is 0 Å². The summed E-state index contributed by atoms with van der Waals surface area (Å²) >= 11 is 0. The Hall–Kier alpha value is -1.12. The lowest BCUT2D eigenvalue weighted by molar-refractivity contribution is 0.0817. The van der Waals surface area contributed by atoms with E-state index in [0.29, 0.717) is 5.69 Å². The number of hydrogen-bond acceptors (Lipinski definition) is 2. The maximum absolute atomic E-state index is 12.1. The van der Waals surface area contributed by atoms with Crippen molar-refractivity contribution in [3.8, 4) is 0 Å². The zero-order valence-electron chi connectivity index (χ0n) is 8.79. The highest BCUT2D eigenvalue weighted by atomic mass is 16.1. The van der Waals surface area contributed by atoms with Crippen molar-refractivity contribution in [2.24, 2.45) is 12.5 Å². The molecule has 1 heterocycles. The van der Waals surface area contributed by atoms with Gasteiger partial charge in [0, 0.05) is 18.7 Å². The van der Waals surface area contributed by atoms with Gasteiger partial charge in [0.25, 0.3) is 0 Å². The van der Waals surface area contributed by atoms with Gasteiger partial charge in [0.2, 0.25) is 0 Å². The second kappa shape index (κ2) is 3.23. The Labute approximate surface area is 84.1 Å². The van der Waals surface area contributed by atoms with E-state index in [1.165, 1.54) is 12.8 Å². The third-order valence-corrected chi connectivity index (χ3v) is 3.20. The van der Waals surface area contributed by atoms with Gasteiger partial charge in [0.1, 0.15) is 5.69 Å². The highest BCUT2D eigenvalue weighted by molar-refractivity contribution is 5.98. The highest BCUT2D eigenvalue weighted by Crippen LogP contribution is 2.39. The van der Waals surface area contributed by atoms with Gasteiger partial charge >= 0.3 is 0 Å². The first-order valence-corrected chi connectivity index (χ1v) is 5.16. The van der Waals surface area contributed by atoms with Crippen molar-refractivity contribution >= 4 is 5.78 Å². The van der Waals surface area contributed by atoms with Crippen molar-refractivity contribution in [1.29, 1.82) is 0 Å². The monoisotopic (exact) mass is 192 g/mol. The number of aromatic nitrogens is 2. The predicted molar refractivity (Wildman–Crippen MR) is 54.1 cm³/mol. The van der Waals surface area contributed by atoms with E-state index in [4.69, 9.17) is 0 Å². The molecule has 1 aromatic heterocycles. The highest BCUT2D eigenvalue weighted by Gasteiger charge is 2.37. The van der Waals surface area contributed by atoms with Gasteiger partial charge in [-0.2, -0.15) is 5.10 Å². The lowest BCUT2D eigenvalue weighted by atomic mass is 9.82. The van der Waals surface area contributed by atoms with E-state index in [0.717, 1.165) is 12.8 Å². The molecule has 3 nitrogen and oxygen atoms in total. The summed E-state index contributed by atoms with van der Waals surface area (Å²) in [6.45, 7) is 2.07. The topological polar surface area (TPSA) is 34.9 Å². The maximum atomic E-state index is 12.1. The minimum Gasteiger partial charge on any atom is -0.292 e. The van der Waals surface area contributed by atoms with Crippen LogP contribution in [-0.2, 0) is 7.05 Å². The van der Waals surface area contributed by atoms with Gasteiger partial charge in [-0.3, -0.25) is 9.48 Å². The molecule has 1 saturated carbocycles. The van der Waals surface area contributed by atoms with Gasteiger partial charge in [-0.05, 0) is 18.9 Å². The number of aryl methyl sites for hydroxylation is 1. The number of carbonyl (C=O) groups excluding carboxylic acids is 1. The van der Waals surface area contributed by atoms with Crippen LogP contribution in [0.3, 0.4) is 0 Å². The third kappa shape index (κ3) is 1.47. The summed E-state index contributed by atoms with van der Waals surface area (Å²) in [6, 6.07) is 1.81. The van der Waals surface area contributed by atoms with Crippen LogP contribution in [0.25, 0.3) is 0 Å². The summed E-state index contributed by atoms with van der Waals surface area (Å²) < 4.78 is 1.69. The van der Waals surface area contributed by atoms with Crippen molar-refractivity contribution in [2.45, 2.75) is 32.6 Å². The molecule has 1 fully saturated rings. The second-order valence-electron chi connectivity index (χ2n) is 4.47. The Balaban J connectivity index is 2.23. The molecule has 1 aromatic rings. The van der Waals surface area contributed by atoms with Crippen molar-refractivity contribution in [3.63, 3.8) is 0 Å². The van der Waals surface area contributed by atoms with E-state index in [1.807, 2.05) is 19.3 Å². The number of Topliss-reactive ketones (excluding diaryl/α,β-unsaturated/α-hetero) is 1. The molecule has 1 aliphatic carbocycles. The summed E-state index contributed by atoms with van der Waals surface area (Å²) in [6.07, 6.45) is 6.21. The molecule has 0 N–H and O–H groups in total. The molecule has 0 bridgehead atoms. The van der Waals surface area contributed by atoms with Crippen LogP contribution < -0.4 is 0 Å². The zero-order chi connectivity index (χ0) is 10.2. The minimum atomic E-state index is -0.144. The van der Waals surface area contributed by atoms with Crippen LogP contribution in [0.5, 0.6) is 0 Å². The second-order valence-corrected chi connectivity index (χ2v) is 4.47. The van der Waals surface area contributed by atoms with Crippen molar-refractivity contribution in [1.82, 2.24) is 9.78 Å². The fraction of sp³-hybridized carbons (Fsp3) is 0.636. The Morgan fingerprint density at radius 3 is 2.64 bits per heavy atom. The summed E-state index contributed by atoms with van der Waals surface area (Å²) in [4.78, 5) is 12.1. The summed E-state index contributed by atoms with van der Waals surface area (Å²) in [7, 11) is 1.84. The van der Waals surface area contributed by atoms with E-state index >= 15 is 0 Å². The molecule has 14 heavy (non-hydrogen) atoms. The van der Waals surface area contributed by atoms with Gasteiger partial charge in [-0.25, -0.2) is 0 Å². The average molecular weight is 192 g/mol. The summed E-state index contributed by atoms with van der Waals surface area (Å²) in [5.41, 5.74) is 0.478. The molecule has 0 saturated heterocycles. The molecule has 0 spiro atoms. The normalized spacial score (nSPS) is 19.9. The van der Waals surface area contributed by atoms with Crippen LogP contribution in [0, 0.1) is 5.41 Å². The molecule has 0 radical (unpaired) electrons. The van der Waals surface area contributed by atoms with Gasteiger partial charge in [0.15, 0.2) is 5.78 Å². The lowest BCUT2D eigenvalue weighted by Gasteiger charge is -2.19. The van der Waals surface area contributed by atoms with E-state index in [-0.39, 0.29) is 11.2 Å². The van der Waals surface area contributed by atoms with Gasteiger partial charge in [-0.15, -0.1) is 0 Å². The predicted octanol–water partition coefficient (Wildman–Crippen LogP) is 2.18. The van der Waals surface area contributed by atoms with Gasteiger partial charge < -0.3 is 0 Å². The molecular weight excluding hydrogens is 176 g/mol. The van der Waals surface area contributed by atoms with E-state index < -0.39 is 0 Å². The number of ketones is 1. The molecule has 0 atom stereocenters. The average Bonchev–Trinajstić information content (AvgIpc) is 2.74. The smallest absolute Gasteiger partial charge is 0.188 e. The first kappa shape index (κ1) is 9.44. The molecule has 1 aliphatic rings. The minimum absolute atomic E-state index is 0.144.